The number of para-hydroxylation sites is 1. The van der Waals surface area contributed by atoms with Crippen LogP contribution in [0.25, 0.3) is 0 Å². The second-order valence-electron chi connectivity index (χ2n) is 5.51. The van der Waals surface area contributed by atoms with Gasteiger partial charge in [0.1, 0.15) is 9.92 Å². The molecule has 0 saturated carbocycles. The number of rotatable bonds is 7. The first-order chi connectivity index (χ1) is 11.3. The zero-order chi connectivity index (χ0) is 17.7. The first-order valence-electron chi connectivity index (χ1n) is 7.39. The second-order valence-corrected chi connectivity index (χ2v) is 7.65. The molecular formula is C15H20ClN5O2S. The van der Waals surface area contributed by atoms with Gasteiger partial charge < -0.3 is 10.6 Å². The second kappa shape index (κ2) is 7.78. The van der Waals surface area contributed by atoms with Crippen molar-refractivity contribution in [2.75, 3.05) is 24.2 Å². The number of benzene rings is 1. The number of halogens is 1. The average molecular weight is 370 g/mol. The molecule has 2 rings (SSSR count). The Labute approximate surface area is 146 Å². The average Bonchev–Trinajstić information content (AvgIpc) is 2.55. The van der Waals surface area contributed by atoms with E-state index in [0.29, 0.717) is 24.0 Å². The van der Waals surface area contributed by atoms with Gasteiger partial charge in [0.05, 0.1) is 11.9 Å². The maximum absolute atomic E-state index is 12.5. The molecule has 0 aliphatic rings. The minimum atomic E-state index is -3.65. The van der Waals surface area contributed by atoms with E-state index in [-0.39, 0.29) is 15.8 Å². The monoisotopic (exact) mass is 369 g/mol. The van der Waals surface area contributed by atoms with Gasteiger partial charge in [-0.05, 0) is 18.1 Å². The fourth-order valence-electron chi connectivity index (χ4n) is 1.86. The zero-order valence-electron chi connectivity index (χ0n) is 13.7. The Morgan fingerprint density at radius 2 is 1.96 bits per heavy atom. The van der Waals surface area contributed by atoms with Crippen molar-refractivity contribution in [3.8, 4) is 0 Å². The molecule has 0 radical (unpaired) electrons. The molecule has 0 bridgehead atoms. The van der Waals surface area contributed by atoms with Crippen LogP contribution in [0.5, 0.6) is 0 Å². The van der Waals surface area contributed by atoms with Gasteiger partial charge >= 0.3 is 0 Å². The number of nitrogens with one attached hydrogen (secondary N) is 3. The summed E-state index contributed by atoms with van der Waals surface area (Å²) in [7, 11) is -1.97. The number of nitrogens with zero attached hydrogens (tertiary/aromatic N) is 2. The van der Waals surface area contributed by atoms with E-state index in [1.807, 2.05) is 13.8 Å². The van der Waals surface area contributed by atoms with Gasteiger partial charge in [-0.25, -0.2) is 18.1 Å². The quantitative estimate of drug-likeness (QED) is 0.694. The highest BCUT2D eigenvalue weighted by atomic mass is 35.5. The summed E-state index contributed by atoms with van der Waals surface area (Å²) in [6.45, 7) is 4.23. The molecule has 1 aromatic carbocycles. The smallest absolute Gasteiger partial charge is 0.242 e. The Morgan fingerprint density at radius 1 is 1.25 bits per heavy atom. The minimum absolute atomic E-state index is 0.131. The van der Waals surface area contributed by atoms with Crippen molar-refractivity contribution >= 4 is 39.1 Å². The van der Waals surface area contributed by atoms with E-state index in [4.69, 9.17) is 11.6 Å². The standard InChI is InChI=1S/C15H20ClN5O2S/c1-10(2)8-19-24(22,23)13-7-5-4-6-12(13)20-14-11(16)9-18-15(17-3)21-14/h4-7,9-10,19H,8H2,1-3H3,(H2,17,18,20,21). The van der Waals surface area contributed by atoms with Crippen molar-refractivity contribution in [3.05, 3.63) is 35.5 Å². The highest BCUT2D eigenvalue weighted by Crippen LogP contribution is 2.28. The van der Waals surface area contributed by atoms with Crippen molar-refractivity contribution in [1.82, 2.24) is 14.7 Å². The molecule has 9 heteroatoms. The Bertz CT molecular complexity index is 811. The van der Waals surface area contributed by atoms with Crippen LogP contribution in [0.15, 0.2) is 35.4 Å². The maximum atomic E-state index is 12.5. The van der Waals surface area contributed by atoms with Crippen LogP contribution < -0.4 is 15.4 Å². The summed E-state index contributed by atoms with van der Waals surface area (Å²) in [6, 6.07) is 6.58. The van der Waals surface area contributed by atoms with Crippen molar-refractivity contribution < 1.29 is 8.42 Å². The number of anilines is 3. The van der Waals surface area contributed by atoms with Crippen LogP contribution in [0.4, 0.5) is 17.5 Å². The van der Waals surface area contributed by atoms with E-state index in [1.54, 1.807) is 25.2 Å². The van der Waals surface area contributed by atoms with Crippen LogP contribution in [0.2, 0.25) is 5.02 Å². The fourth-order valence-corrected chi connectivity index (χ4v) is 3.37. The van der Waals surface area contributed by atoms with Gasteiger partial charge in [0.2, 0.25) is 16.0 Å². The SMILES string of the molecule is CNc1ncc(Cl)c(Nc2ccccc2S(=O)(=O)NCC(C)C)n1. The van der Waals surface area contributed by atoms with Crippen LogP contribution in [0.1, 0.15) is 13.8 Å². The third-order valence-corrected chi connectivity index (χ3v) is 4.84. The Hall–Kier alpha value is -1.90. The van der Waals surface area contributed by atoms with E-state index in [9.17, 15) is 8.42 Å². The van der Waals surface area contributed by atoms with Gasteiger partial charge in [0, 0.05) is 13.6 Å². The van der Waals surface area contributed by atoms with Crippen LogP contribution in [0.3, 0.4) is 0 Å². The molecule has 0 fully saturated rings. The van der Waals surface area contributed by atoms with E-state index in [1.165, 1.54) is 12.3 Å². The molecule has 0 unspecified atom stereocenters. The van der Waals surface area contributed by atoms with Crippen LogP contribution >= 0.6 is 11.6 Å². The molecule has 24 heavy (non-hydrogen) atoms. The predicted molar refractivity (Wildman–Crippen MR) is 96.3 cm³/mol. The molecular weight excluding hydrogens is 350 g/mol. The highest BCUT2D eigenvalue weighted by Gasteiger charge is 2.19. The number of hydrogen-bond donors (Lipinski definition) is 3. The summed E-state index contributed by atoms with van der Waals surface area (Å²) in [5, 5.41) is 6.06. The van der Waals surface area contributed by atoms with Crippen LogP contribution in [0, 0.1) is 5.92 Å². The van der Waals surface area contributed by atoms with Crippen molar-refractivity contribution in [2.24, 2.45) is 5.92 Å². The topological polar surface area (TPSA) is 96.0 Å². The van der Waals surface area contributed by atoms with Gasteiger partial charge in [-0.15, -0.1) is 0 Å². The lowest BCUT2D eigenvalue weighted by atomic mass is 10.2. The highest BCUT2D eigenvalue weighted by molar-refractivity contribution is 7.89. The molecule has 0 aliphatic carbocycles. The molecule has 3 N–H and O–H groups in total. The summed E-state index contributed by atoms with van der Waals surface area (Å²) in [5.41, 5.74) is 0.386. The molecule has 0 atom stereocenters. The van der Waals surface area contributed by atoms with Gasteiger partial charge in [-0.1, -0.05) is 37.6 Å². The summed E-state index contributed by atoms with van der Waals surface area (Å²) < 4.78 is 27.6. The molecule has 0 amide bonds. The first kappa shape index (κ1) is 18.4. The fraction of sp³-hybridized carbons (Fsp3) is 0.333. The molecule has 1 heterocycles. The third kappa shape index (κ3) is 4.56. The first-order valence-corrected chi connectivity index (χ1v) is 9.25. The summed E-state index contributed by atoms with van der Waals surface area (Å²) in [6.07, 6.45) is 1.44. The predicted octanol–water partition coefficient (Wildman–Crippen LogP) is 2.85. The summed E-state index contributed by atoms with van der Waals surface area (Å²) in [4.78, 5) is 8.33. The third-order valence-electron chi connectivity index (χ3n) is 3.08. The Kier molecular flexibility index (Phi) is 5.98. The number of hydrogen-bond acceptors (Lipinski definition) is 6. The van der Waals surface area contributed by atoms with E-state index in [0.717, 1.165) is 0 Å². The van der Waals surface area contributed by atoms with Gasteiger partial charge in [-0.2, -0.15) is 4.98 Å². The van der Waals surface area contributed by atoms with Gasteiger partial charge in [-0.3, -0.25) is 0 Å². The van der Waals surface area contributed by atoms with Gasteiger partial charge in [0.25, 0.3) is 0 Å². The Morgan fingerprint density at radius 3 is 2.62 bits per heavy atom. The normalized spacial score (nSPS) is 11.5. The molecule has 0 saturated heterocycles. The molecule has 2 aromatic rings. The van der Waals surface area contributed by atoms with Crippen LogP contribution in [-0.2, 0) is 10.0 Å². The molecule has 7 nitrogen and oxygen atoms in total. The molecule has 1 aromatic heterocycles. The Balaban J connectivity index is 2.36. The van der Waals surface area contributed by atoms with Crippen molar-refractivity contribution in [3.63, 3.8) is 0 Å². The van der Waals surface area contributed by atoms with Crippen molar-refractivity contribution in [2.45, 2.75) is 18.7 Å². The van der Waals surface area contributed by atoms with Crippen LogP contribution in [-0.4, -0.2) is 32.0 Å². The van der Waals surface area contributed by atoms with Gasteiger partial charge in [0.15, 0.2) is 5.82 Å². The summed E-state index contributed by atoms with van der Waals surface area (Å²) in [5.74, 6) is 0.900. The van der Waals surface area contributed by atoms with E-state index >= 15 is 0 Å². The number of aromatic nitrogens is 2. The molecule has 0 spiro atoms. The lowest BCUT2D eigenvalue weighted by Gasteiger charge is -2.14. The summed E-state index contributed by atoms with van der Waals surface area (Å²) >= 11 is 6.09. The maximum Gasteiger partial charge on any atom is 0.242 e. The lowest BCUT2D eigenvalue weighted by molar-refractivity contribution is 0.560. The van der Waals surface area contributed by atoms with E-state index < -0.39 is 10.0 Å². The zero-order valence-corrected chi connectivity index (χ0v) is 15.2. The largest absolute Gasteiger partial charge is 0.357 e. The van der Waals surface area contributed by atoms with Crippen molar-refractivity contribution in [1.29, 1.82) is 0 Å². The minimum Gasteiger partial charge on any atom is -0.357 e. The lowest BCUT2D eigenvalue weighted by Crippen LogP contribution is -2.28. The number of sulfonamides is 1. The molecule has 130 valence electrons. The molecule has 0 aliphatic heterocycles. The van der Waals surface area contributed by atoms with E-state index in [2.05, 4.69) is 25.3 Å².